The lowest BCUT2D eigenvalue weighted by Crippen LogP contribution is -2.41. The zero-order valence-electron chi connectivity index (χ0n) is 16.8. The van der Waals surface area contributed by atoms with Crippen molar-refractivity contribution < 1.29 is 9.53 Å². The van der Waals surface area contributed by atoms with E-state index in [1.54, 1.807) is 6.20 Å². The first-order valence-corrected chi connectivity index (χ1v) is 10.9. The zero-order valence-corrected chi connectivity index (χ0v) is 16.8. The molecule has 0 amide bonds. The Kier molecular flexibility index (Phi) is 5.29. The molecule has 152 valence electrons. The third kappa shape index (κ3) is 4.05. The third-order valence-corrected chi connectivity index (χ3v) is 6.64. The number of ether oxygens (including phenoxy) is 1. The minimum Gasteiger partial charge on any atom is -0.437 e. The molecule has 1 aromatic heterocycles. The molecule has 2 aliphatic heterocycles. The van der Waals surface area contributed by atoms with Gasteiger partial charge in [-0.25, -0.2) is 9.97 Å². The van der Waals surface area contributed by atoms with Crippen molar-refractivity contribution in [3.63, 3.8) is 0 Å². The van der Waals surface area contributed by atoms with Crippen LogP contribution in [0.5, 0.6) is 11.6 Å². The normalized spacial score (nSPS) is 22.6. The summed E-state index contributed by atoms with van der Waals surface area (Å²) in [4.78, 5) is 23.7. The second-order valence-corrected chi connectivity index (χ2v) is 8.45. The molecule has 1 N–H and O–H groups in total. The lowest BCUT2D eigenvalue weighted by atomic mass is 9.91. The smallest absolute Gasteiger partial charge is 0.237 e. The molecule has 0 bridgehead atoms. The summed E-state index contributed by atoms with van der Waals surface area (Å²) in [6.07, 6.45) is 10.2. The number of carbonyl (C=O) groups is 1. The van der Waals surface area contributed by atoms with Gasteiger partial charge in [0.2, 0.25) is 5.88 Å². The molecule has 1 atom stereocenters. The van der Waals surface area contributed by atoms with Crippen LogP contribution >= 0.6 is 0 Å². The van der Waals surface area contributed by atoms with Gasteiger partial charge in [-0.2, -0.15) is 0 Å². The van der Waals surface area contributed by atoms with Crippen molar-refractivity contribution in [3.05, 3.63) is 47.4 Å². The quantitative estimate of drug-likeness (QED) is 0.789. The van der Waals surface area contributed by atoms with E-state index in [1.165, 1.54) is 36.6 Å². The Morgan fingerprint density at radius 1 is 1.07 bits per heavy atom. The zero-order chi connectivity index (χ0) is 19.6. The van der Waals surface area contributed by atoms with E-state index in [9.17, 15) is 4.79 Å². The highest BCUT2D eigenvalue weighted by molar-refractivity contribution is 5.96. The third-order valence-electron chi connectivity index (χ3n) is 6.64. The van der Waals surface area contributed by atoms with Crippen LogP contribution in [0.4, 0.5) is 0 Å². The molecule has 1 saturated heterocycles. The van der Waals surface area contributed by atoms with Gasteiger partial charge < -0.3 is 10.1 Å². The fraction of sp³-hybridized carbons (Fsp3) is 0.522. The topological polar surface area (TPSA) is 67.3 Å². The van der Waals surface area contributed by atoms with Gasteiger partial charge >= 0.3 is 0 Å². The fourth-order valence-electron chi connectivity index (χ4n) is 4.60. The molecular weight excluding hydrogens is 364 g/mol. The predicted octanol–water partition coefficient (Wildman–Crippen LogP) is 3.01. The fourth-order valence-corrected chi connectivity index (χ4v) is 4.60. The minimum absolute atomic E-state index is 0.0140. The molecule has 1 saturated carbocycles. The number of hydrogen-bond donors (Lipinski definition) is 1. The van der Waals surface area contributed by atoms with E-state index in [-0.39, 0.29) is 11.7 Å². The van der Waals surface area contributed by atoms with Crippen LogP contribution in [0.25, 0.3) is 0 Å². The maximum Gasteiger partial charge on any atom is 0.237 e. The molecule has 0 spiro atoms. The van der Waals surface area contributed by atoms with Crippen LogP contribution in [0.15, 0.2) is 30.6 Å². The van der Waals surface area contributed by atoms with E-state index in [2.05, 4.69) is 32.3 Å². The largest absolute Gasteiger partial charge is 0.437 e. The molecule has 2 fully saturated rings. The first-order valence-electron chi connectivity index (χ1n) is 10.9. The number of aromatic nitrogens is 2. The molecule has 6 heteroatoms. The Balaban J connectivity index is 1.24. The summed E-state index contributed by atoms with van der Waals surface area (Å²) in [5.41, 5.74) is 3.22. The first kappa shape index (κ1) is 18.7. The summed E-state index contributed by atoms with van der Waals surface area (Å²) in [7, 11) is 0. The van der Waals surface area contributed by atoms with Crippen molar-refractivity contribution in [1.82, 2.24) is 20.2 Å². The minimum atomic E-state index is 0.0140. The van der Waals surface area contributed by atoms with E-state index in [0.717, 1.165) is 57.2 Å². The molecule has 5 rings (SSSR count). The van der Waals surface area contributed by atoms with Gasteiger partial charge in [-0.3, -0.25) is 9.69 Å². The Morgan fingerprint density at radius 2 is 1.93 bits per heavy atom. The van der Waals surface area contributed by atoms with Crippen LogP contribution in [0.2, 0.25) is 0 Å². The highest BCUT2D eigenvalue weighted by Gasteiger charge is 2.27. The van der Waals surface area contributed by atoms with Crippen LogP contribution in [-0.4, -0.2) is 52.9 Å². The van der Waals surface area contributed by atoms with Crippen LogP contribution in [0, 0.1) is 5.92 Å². The number of carbonyl (C=O) groups excluding carboxylic acids is 1. The van der Waals surface area contributed by atoms with Crippen molar-refractivity contribution in [2.45, 2.75) is 44.6 Å². The molecule has 2 aromatic rings. The van der Waals surface area contributed by atoms with Gasteiger partial charge in [0.1, 0.15) is 11.4 Å². The lowest BCUT2D eigenvalue weighted by molar-refractivity contribution is 0.0925. The second-order valence-electron chi connectivity index (χ2n) is 8.45. The summed E-state index contributed by atoms with van der Waals surface area (Å²) in [5.74, 6) is 1.29. The van der Waals surface area contributed by atoms with Gasteiger partial charge in [0.15, 0.2) is 5.78 Å². The van der Waals surface area contributed by atoms with Crippen molar-refractivity contribution >= 4 is 5.78 Å². The van der Waals surface area contributed by atoms with Crippen LogP contribution < -0.4 is 10.1 Å². The maximum atomic E-state index is 12.4. The second kappa shape index (κ2) is 8.20. The summed E-state index contributed by atoms with van der Waals surface area (Å²) in [5, 5.41) is 3.21. The van der Waals surface area contributed by atoms with Gasteiger partial charge in [0.25, 0.3) is 0 Å². The van der Waals surface area contributed by atoms with Crippen LogP contribution in [0.1, 0.15) is 47.3 Å². The van der Waals surface area contributed by atoms with Crippen LogP contribution in [0.3, 0.4) is 0 Å². The average molecular weight is 393 g/mol. The van der Waals surface area contributed by atoms with E-state index in [1.807, 2.05) is 6.07 Å². The molecular formula is C23H28N4O2. The van der Waals surface area contributed by atoms with E-state index >= 15 is 0 Å². The van der Waals surface area contributed by atoms with Gasteiger partial charge in [-0.1, -0.05) is 12.5 Å². The number of ketones is 1. The first-order chi connectivity index (χ1) is 14.3. The number of rotatable bonds is 5. The van der Waals surface area contributed by atoms with Crippen molar-refractivity contribution in [1.29, 1.82) is 0 Å². The number of benzene rings is 1. The average Bonchev–Trinajstić information content (AvgIpc) is 3.17. The molecule has 1 unspecified atom stereocenters. The number of nitrogens with one attached hydrogen (secondary N) is 1. The monoisotopic (exact) mass is 392 g/mol. The summed E-state index contributed by atoms with van der Waals surface area (Å²) in [6, 6.07) is 7.15. The van der Waals surface area contributed by atoms with Gasteiger partial charge in [-0.05, 0) is 61.9 Å². The van der Waals surface area contributed by atoms with Crippen molar-refractivity contribution in [2.24, 2.45) is 5.92 Å². The number of fused-ring (bicyclic) bond motifs is 1. The van der Waals surface area contributed by atoms with Gasteiger partial charge in [0.05, 0.1) is 12.4 Å². The van der Waals surface area contributed by atoms with Crippen LogP contribution in [-0.2, 0) is 12.8 Å². The van der Waals surface area contributed by atoms with Gasteiger partial charge in [-0.15, -0.1) is 0 Å². The summed E-state index contributed by atoms with van der Waals surface area (Å²) < 4.78 is 5.94. The molecule has 0 radical (unpaired) electrons. The molecule has 1 aromatic carbocycles. The molecule has 29 heavy (non-hydrogen) atoms. The van der Waals surface area contributed by atoms with Gasteiger partial charge in [0, 0.05) is 31.6 Å². The molecule has 3 heterocycles. The van der Waals surface area contributed by atoms with E-state index in [4.69, 9.17) is 4.74 Å². The predicted molar refractivity (Wildman–Crippen MR) is 110 cm³/mol. The standard InChI is InChI=1S/C23H28N4O2/c28-23(18-6-9-24-13-18)21-14-26-22(15-25-21)29-20-5-4-16-7-10-27(19-2-1-3-19)11-8-17(16)12-20/h4-5,12,14-15,18-19,24H,1-3,6-11,13H2. The Hall–Kier alpha value is -2.31. The van der Waals surface area contributed by atoms with E-state index < -0.39 is 0 Å². The number of nitrogens with zero attached hydrogens (tertiary/aromatic N) is 3. The van der Waals surface area contributed by atoms with E-state index in [0.29, 0.717) is 11.6 Å². The Bertz CT molecular complexity index is 873. The van der Waals surface area contributed by atoms with Crippen molar-refractivity contribution in [2.75, 3.05) is 26.2 Å². The summed E-state index contributed by atoms with van der Waals surface area (Å²) in [6.45, 7) is 3.91. The molecule has 3 aliphatic rings. The number of hydrogen-bond acceptors (Lipinski definition) is 6. The highest BCUT2D eigenvalue weighted by atomic mass is 16.5. The summed E-state index contributed by atoms with van der Waals surface area (Å²) >= 11 is 0. The Morgan fingerprint density at radius 3 is 2.62 bits per heavy atom. The number of Topliss-reactive ketones (excluding diaryl/α,β-unsaturated/α-hetero) is 1. The SMILES string of the molecule is O=C(c1cnc(Oc2ccc3c(c2)CCN(C2CCC2)CC3)cn1)C1CCNC1. The van der Waals surface area contributed by atoms with Crippen molar-refractivity contribution in [3.8, 4) is 11.6 Å². The molecule has 1 aliphatic carbocycles. The lowest BCUT2D eigenvalue weighted by Gasteiger charge is -2.36. The molecule has 6 nitrogen and oxygen atoms in total. The Labute approximate surface area is 171 Å². The highest BCUT2D eigenvalue weighted by Crippen LogP contribution is 2.29. The maximum absolute atomic E-state index is 12.4.